The molecule has 116 valence electrons. The molecule has 0 spiro atoms. The van der Waals surface area contributed by atoms with Gasteiger partial charge in [0.15, 0.2) is 0 Å². The van der Waals surface area contributed by atoms with Gasteiger partial charge in [0.05, 0.1) is 18.1 Å². The van der Waals surface area contributed by atoms with Gasteiger partial charge >= 0.3 is 0 Å². The fourth-order valence-corrected chi connectivity index (χ4v) is 4.84. The molecule has 0 radical (unpaired) electrons. The van der Waals surface area contributed by atoms with Crippen LogP contribution < -0.4 is 4.74 Å². The van der Waals surface area contributed by atoms with Crippen molar-refractivity contribution in [3.63, 3.8) is 0 Å². The maximum Gasteiger partial charge on any atom is 0.142 e. The minimum absolute atomic E-state index is 0.0820. The molecule has 0 amide bonds. The first kappa shape index (κ1) is 14.0. The Morgan fingerprint density at radius 2 is 2.14 bits per heavy atom. The lowest BCUT2D eigenvalue weighted by atomic mass is 9.57. The third-order valence-corrected chi connectivity index (χ3v) is 6.31. The smallest absolute Gasteiger partial charge is 0.142 e. The number of carbonyl (C=O) groups is 1. The van der Waals surface area contributed by atoms with Crippen LogP contribution in [0, 0.1) is 11.3 Å². The van der Waals surface area contributed by atoms with E-state index < -0.39 is 11.0 Å². The van der Waals surface area contributed by atoms with E-state index in [1.165, 1.54) is 16.7 Å². The maximum absolute atomic E-state index is 12.3. The lowest BCUT2D eigenvalue weighted by Gasteiger charge is -2.49. The fourth-order valence-electron chi connectivity index (χ4n) is 4.84. The number of allylic oxidation sites excluding steroid dienone is 1. The van der Waals surface area contributed by atoms with Crippen LogP contribution in [0.25, 0.3) is 5.57 Å². The summed E-state index contributed by atoms with van der Waals surface area (Å²) < 4.78 is 5.32. The molecule has 1 fully saturated rings. The normalized spacial score (nSPS) is 36.2. The average Bonchev–Trinajstić information content (AvgIpc) is 2.78. The van der Waals surface area contributed by atoms with Crippen LogP contribution in [0.2, 0.25) is 0 Å². The summed E-state index contributed by atoms with van der Waals surface area (Å²) in [7, 11) is 1.69. The van der Waals surface area contributed by atoms with Crippen molar-refractivity contribution >= 4 is 11.4 Å². The number of aliphatic hydroxyl groups is 1. The van der Waals surface area contributed by atoms with Crippen LogP contribution in [0.1, 0.15) is 43.7 Å². The molecule has 1 saturated carbocycles. The molecule has 0 saturated heterocycles. The van der Waals surface area contributed by atoms with Crippen molar-refractivity contribution in [3.05, 3.63) is 35.4 Å². The molecule has 1 unspecified atom stereocenters. The van der Waals surface area contributed by atoms with E-state index in [0.29, 0.717) is 19.3 Å². The summed E-state index contributed by atoms with van der Waals surface area (Å²) >= 11 is 0. The first-order valence-electron chi connectivity index (χ1n) is 8.12. The van der Waals surface area contributed by atoms with Crippen LogP contribution in [0.3, 0.4) is 0 Å². The van der Waals surface area contributed by atoms with Gasteiger partial charge in [-0.25, -0.2) is 0 Å². The number of aryl methyl sites for hydroxylation is 1. The van der Waals surface area contributed by atoms with Crippen molar-refractivity contribution in [3.8, 4) is 5.75 Å². The Labute approximate surface area is 131 Å². The molecular formula is C19H22O3. The van der Waals surface area contributed by atoms with Crippen LogP contribution in [-0.4, -0.2) is 23.6 Å². The highest BCUT2D eigenvalue weighted by Gasteiger charge is 2.62. The SMILES string of the molecule is COc1ccc2c(c1)CCC1C2=CC[C@]2(C)C(=O)CC[C@@]12O. The van der Waals surface area contributed by atoms with E-state index in [-0.39, 0.29) is 11.7 Å². The van der Waals surface area contributed by atoms with Crippen LogP contribution in [0.5, 0.6) is 5.75 Å². The molecule has 3 atom stereocenters. The van der Waals surface area contributed by atoms with Crippen molar-refractivity contribution < 1.29 is 14.6 Å². The van der Waals surface area contributed by atoms with Crippen molar-refractivity contribution in [1.29, 1.82) is 0 Å². The van der Waals surface area contributed by atoms with Gasteiger partial charge in [0.1, 0.15) is 11.5 Å². The number of benzene rings is 1. The van der Waals surface area contributed by atoms with Crippen LogP contribution in [0.4, 0.5) is 0 Å². The minimum atomic E-state index is -0.869. The van der Waals surface area contributed by atoms with Gasteiger partial charge in [-0.3, -0.25) is 4.79 Å². The third-order valence-electron chi connectivity index (χ3n) is 6.31. The van der Waals surface area contributed by atoms with Gasteiger partial charge in [0, 0.05) is 12.3 Å². The van der Waals surface area contributed by atoms with Gasteiger partial charge in [-0.05, 0) is 61.4 Å². The second-order valence-corrected chi connectivity index (χ2v) is 7.16. The molecule has 4 rings (SSSR count). The highest BCUT2D eigenvalue weighted by atomic mass is 16.5. The van der Waals surface area contributed by atoms with Gasteiger partial charge < -0.3 is 9.84 Å². The van der Waals surface area contributed by atoms with Crippen molar-refractivity contribution in [1.82, 2.24) is 0 Å². The fraction of sp³-hybridized carbons (Fsp3) is 0.526. The largest absolute Gasteiger partial charge is 0.497 e. The van der Waals surface area contributed by atoms with Crippen LogP contribution >= 0.6 is 0 Å². The van der Waals surface area contributed by atoms with Gasteiger partial charge in [-0.15, -0.1) is 0 Å². The first-order valence-corrected chi connectivity index (χ1v) is 8.12. The Bertz CT molecular complexity index is 690. The maximum atomic E-state index is 12.3. The molecule has 1 aromatic carbocycles. The standard InChI is InChI=1S/C19H22O3/c1-18-9-7-15-14-5-4-13(22-2)11-12(14)3-6-16(15)19(18,21)10-8-17(18)20/h4-5,7,11,16,21H,3,6,8-10H2,1-2H3/t16?,18-,19-/m1/s1. The van der Waals surface area contributed by atoms with Gasteiger partial charge in [-0.2, -0.15) is 0 Å². The molecule has 22 heavy (non-hydrogen) atoms. The quantitative estimate of drug-likeness (QED) is 0.866. The number of ketones is 1. The van der Waals surface area contributed by atoms with Gasteiger partial charge in [-0.1, -0.05) is 12.1 Å². The van der Waals surface area contributed by atoms with E-state index in [0.717, 1.165) is 18.6 Å². The van der Waals surface area contributed by atoms with E-state index in [1.807, 2.05) is 13.0 Å². The van der Waals surface area contributed by atoms with Crippen molar-refractivity contribution in [2.45, 2.75) is 44.6 Å². The Hall–Kier alpha value is -1.61. The molecular weight excluding hydrogens is 276 g/mol. The first-order chi connectivity index (χ1) is 10.5. The summed E-state index contributed by atoms with van der Waals surface area (Å²) in [4.78, 5) is 12.3. The van der Waals surface area contributed by atoms with Crippen molar-refractivity contribution in [2.75, 3.05) is 7.11 Å². The van der Waals surface area contributed by atoms with Gasteiger partial charge in [0.2, 0.25) is 0 Å². The number of ether oxygens (including phenoxy) is 1. The number of carbonyl (C=O) groups excluding carboxylic acids is 1. The minimum Gasteiger partial charge on any atom is -0.497 e. The summed E-state index contributed by atoms with van der Waals surface area (Å²) in [5.41, 5.74) is 2.29. The summed E-state index contributed by atoms with van der Waals surface area (Å²) in [5.74, 6) is 1.19. The summed E-state index contributed by atoms with van der Waals surface area (Å²) in [6.07, 6.45) is 5.81. The highest BCUT2D eigenvalue weighted by Crippen LogP contribution is 2.59. The number of rotatable bonds is 1. The number of methoxy groups -OCH3 is 1. The summed E-state index contributed by atoms with van der Waals surface area (Å²) in [6.45, 7) is 1.96. The predicted octanol–water partition coefficient (Wildman–Crippen LogP) is 3.15. The molecule has 3 heteroatoms. The van der Waals surface area contributed by atoms with Crippen LogP contribution in [0.15, 0.2) is 24.3 Å². The molecule has 0 aromatic heterocycles. The Balaban J connectivity index is 1.83. The van der Waals surface area contributed by atoms with Crippen molar-refractivity contribution in [2.24, 2.45) is 11.3 Å². The summed E-state index contributed by atoms with van der Waals surface area (Å²) in [5, 5.41) is 11.4. The number of Topliss-reactive ketones (excluding diaryl/α,β-unsaturated/α-hetero) is 1. The summed E-state index contributed by atoms with van der Waals surface area (Å²) in [6, 6.07) is 6.19. The van der Waals surface area contributed by atoms with E-state index in [1.54, 1.807) is 7.11 Å². The highest BCUT2D eigenvalue weighted by molar-refractivity contribution is 5.91. The number of hydrogen-bond donors (Lipinski definition) is 1. The zero-order chi connectivity index (χ0) is 15.5. The van der Waals surface area contributed by atoms with Crippen LogP contribution in [-0.2, 0) is 11.2 Å². The van der Waals surface area contributed by atoms with Gasteiger partial charge in [0.25, 0.3) is 0 Å². The molecule has 1 N–H and O–H groups in total. The lowest BCUT2D eigenvalue weighted by molar-refractivity contribution is -0.140. The Kier molecular flexibility index (Phi) is 2.83. The number of fused-ring (bicyclic) bond motifs is 5. The second kappa shape index (κ2) is 4.45. The Morgan fingerprint density at radius 1 is 1.32 bits per heavy atom. The Morgan fingerprint density at radius 3 is 2.91 bits per heavy atom. The van der Waals surface area contributed by atoms with E-state index in [9.17, 15) is 9.90 Å². The molecule has 0 heterocycles. The molecule has 3 aliphatic rings. The predicted molar refractivity (Wildman–Crippen MR) is 84.7 cm³/mol. The molecule has 0 aliphatic heterocycles. The number of hydrogen-bond acceptors (Lipinski definition) is 3. The molecule has 3 aliphatic carbocycles. The third kappa shape index (κ3) is 1.58. The van der Waals surface area contributed by atoms with E-state index in [2.05, 4.69) is 18.2 Å². The zero-order valence-corrected chi connectivity index (χ0v) is 13.2. The monoisotopic (exact) mass is 298 g/mol. The second-order valence-electron chi connectivity index (χ2n) is 7.16. The molecule has 1 aromatic rings. The molecule has 3 nitrogen and oxygen atoms in total. The zero-order valence-electron chi connectivity index (χ0n) is 13.2. The van der Waals surface area contributed by atoms with E-state index >= 15 is 0 Å². The molecule has 0 bridgehead atoms. The topological polar surface area (TPSA) is 46.5 Å². The lowest BCUT2D eigenvalue weighted by Crippen LogP contribution is -2.53. The average molecular weight is 298 g/mol. The van der Waals surface area contributed by atoms with E-state index in [4.69, 9.17) is 4.74 Å².